The van der Waals surface area contributed by atoms with Crippen molar-refractivity contribution in [1.82, 2.24) is 15.0 Å². The third-order valence-corrected chi connectivity index (χ3v) is 5.37. The first kappa shape index (κ1) is 13.8. The van der Waals surface area contributed by atoms with Crippen molar-refractivity contribution in [1.29, 1.82) is 0 Å². The number of piperazine rings is 1. The van der Waals surface area contributed by atoms with Crippen molar-refractivity contribution in [2.24, 2.45) is 0 Å². The van der Waals surface area contributed by atoms with Crippen LogP contribution in [0.25, 0.3) is 10.2 Å². The first-order chi connectivity index (χ1) is 11.9. The minimum absolute atomic E-state index is 0.295. The lowest BCUT2D eigenvalue weighted by atomic mass is 10.3. The van der Waals surface area contributed by atoms with E-state index in [1.807, 2.05) is 18.3 Å². The largest absolute Gasteiger partial charge is 0.454 e. The van der Waals surface area contributed by atoms with E-state index in [0.29, 0.717) is 6.79 Å². The molecule has 0 saturated carbocycles. The number of hydrogen-bond acceptors (Lipinski definition) is 8. The lowest BCUT2D eigenvalue weighted by Crippen LogP contribution is -2.46. The smallest absolute Gasteiger partial charge is 0.231 e. The van der Waals surface area contributed by atoms with Gasteiger partial charge in [-0.2, -0.15) is 0 Å². The van der Waals surface area contributed by atoms with E-state index in [1.165, 1.54) is 0 Å². The Balaban J connectivity index is 1.35. The topological polar surface area (TPSA) is 63.6 Å². The molecule has 0 bridgehead atoms. The molecule has 1 aromatic carbocycles. The van der Waals surface area contributed by atoms with Gasteiger partial charge in [-0.15, -0.1) is 0 Å². The average molecular weight is 341 g/mol. The molecule has 2 aromatic heterocycles. The van der Waals surface area contributed by atoms with E-state index in [9.17, 15) is 0 Å². The summed E-state index contributed by atoms with van der Waals surface area (Å²) in [6, 6.07) is 3.99. The Bertz CT molecular complexity index is 836. The predicted octanol–water partition coefficient (Wildman–Crippen LogP) is 2.14. The minimum atomic E-state index is 0.295. The Morgan fingerprint density at radius 3 is 2.54 bits per heavy atom. The highest BCUT2D eigenvalue weighted by molar-refractivity contribution is 7.22. The van der Waals surface area contributed by atoms with Crippen LogP contribution in [0.5, 0.6) is 11.5 Å². The van der Waals surface area contributed by atoms with Gasteiger partial charge in [0, 0.05) is 50.7 Å². The van der Waals surface area contributed by atoms with E-state index in [-0.39, 0.29) is 0 Å². The summed E-state index contributed by atoms with van der Waals surface area (Å²) in [5.41, 5.74) is 0.968. The number of fused-ring (bicyclic) bond motifs is 2. The van der Waals surface area contributed by atoms with Crippen LogP contribution in [-0.2, 0) is 0 Å². The van der Waals surface area contributed by atoms with Crippen LogP contribution in [0.2, 0.25) is 0 Å². The molecule has 1 fully saturated rings. The maximum Gasteiger partial charge on any atom is 0.231 e. The minimum Gasteiger partial charge on any atom is -0.454 e. The Hall–Kier alpha value is -2.61. The molecule has 7 nitrogen and oxygen atoms in total. The van der Waals surface area contributed by atoms with Crippen molar-refractivity contribution in [2.45, 2.75) is 0 Å². The fourth-order valence-electron chi connectivity index (χ4n) is 3.02. The zero-order valence-electron chi connectivity index (χ0n) is 12.9. The zero-order chi connectivity index (χ0) is 15.9. The summed E-state index contributed by atoms with van der Waals surface area (Å²) in [6.45, 7) is 3.96. The molecule has 2 aliphatic rings. The average Bonchev–Trinajstić information content (AvgIpc) is 3.26. The summed E-state index contributed by atoms with van der Waals surface area (Å²) >= 11 is 1.70. The van der Waals surface area contributed by atoms with Crippen LogP contribution in [0.1, 0.15) is 0 Å². The van der Waals surface area contributed by atoms with Crippen LogP contribution in [-0.4, -0.2) is 47.9 Å². The molecule has 3 aromatic rings. The molecular weight excluding hydrogens is 326 g/mol. The van der Waals surface area contributed by atoms with Crippen LogP contribution < -0.4 is 19.3 Å². The Morgan fingerprint density at radius 1 is 0.958 bits per heavy atom. The Morgan fingerprint density at radius 2 is 1.75 bits per heavy atom. The van der Waals surface area contributed by atoms with Crippen LogP contribution in [0.3, 0.4) is 0 Å². The summed E-state index contributed by atoms with van der Waals surface area (Å²) in [5.74, 6) is 2.53. The molecule has 122 valence electrons. The van der Waals surface area contributed by atoms with Gasteiger partial charge in [-0.1, -0.05) is 11.3 Å². The van der Waals surface area contributed by atoms with Gasteiger partial charge in [0.15, 0.2) is 16.6 Å². The highest BCUT2D eigenvalue weighted by Crippen LogP contribution is 2.39. The summed E-state index contributed by atoms with van der Waals surface area (Å²) < 4.78 is 12.0. The maximum absolute atomic E-state index is 5.45. The second-order valence-electron chi connectivity index (χ2n) is 5.71. The van der Waals surface area contributed by atoms with Gasteiger partial charge in [0.25, 0.3) is 0 Å². The third kappa shape index (κ3) is 2.30. The van der Waals surface area contributed by atoms with Crippen LogP contribution in [0.4, 0.5) is 10.9 Å². The lowest BCUT2D eigenvalue weighted by molar-refractivity contribution is 0.174. The zero-order valence-corrected chi connectivity index (χ0v) is 13.7. The molecule has 5 rings (SSSR count). The number of rotatable bonds is 2. The fourth-order valence-corrected chi connectivity index (χ4v) is 4.05. The van der Waals surface area contributed by atoms with Gasteiger partial charge in [-0.05, 0) is 0 Å². The number of hydrogen-bond donors (Lipinski definition) is 0. The first-order valence-electron chi connectivity index (χ1n) is 7.83. The molecule has 0 amide bonds. The van der Waals surface area contributed by atoms with E-state index in [4.69, 9.17) is 14.5 Å². The van der Waals surface area contributed by atoms with Crippen molar-refractivity contribution in [3.8, 4) is 11.5 Å². The number of thiazole rings is 1. The first-order valence-corrected chi connectivity index (χ1v) is 8.64. The molecule has 4 heterocycles. The normalized spacial score (nSPS) is 16.8. The second-order valence-corrected chi connectivity index (χ2v) is 6.72. The number of aromatic nitrogens is 3. The monoisotopic (exact) mass is 341 g/mol. The van der Waals surface area contributed by atoms with Crippen molar-refractivity contribution in [2.75, 3.05) is 42.8 Å². The standard InChI is InChI=1S/C16H15N5O2S/c1-2-18-15(9-17-1)20-3-5-21(6-4-20)16-19-11-7-12-13(23-10-22-12)8-14(11)24-16/h1-2,7-9H,3-6,10H2. The molecular formula is C16H15N5O2S. The SMILES string of the molecule is c1cnc(N2CCN(c3nc4cc5c(cc4s3)OCO5)CC2)cn1. The molecule has 0 spiro atoms. The highest BCUT2D eigenvalue weighted by atomic mass is 32.1. The summed E-state index contributed by atoms with van der Waals surface area (Å²) in [6.07, 6.45) is 5.25. The molecule has 0 radical (unpaired) electrons. The van der Waals surface area contributed by atoms with E-state index in [0.717, 1.165) is 58.8 Å². The molecule has 8 heteroatoms. The maximum atomic E-state index is 5.45. The van der Waals surface area contributed by atoms with Gasteiger partial charge >= 0.3 is 0 Å². The van der Waals surface area contributed by atoms with E-state index in [2.05, 4.69) is 19.8 Å². The van der Waals surface area contributed by atoms with E-state index in [1.54, 1.807) is 23.7 Å². The van der Waals surface area contributed by atoms with Gasteiger partial charge in [0.2, 0.25) is 6.79 Å². The van der Waals surface area contributed by atoms with Crippen LogP contribution in [0, 0.1) is 0 Å². The molecule has 0 atom stereocenters. The quantitative estimate of drug-likeness (QED) is 0.707. The summed E-state index contributed by atoms with van der Waals surface area (Å²) in [5, 5.41) is 1.05. The van der Waals surface area contributed by atoms with E-state index < -0.39 is 0 Å². The van der Waals surface area contributed by atoms with Crippen molar-refractivity contribution in [3.05, 3.63) is 30.7 Å². The molecule has 2 aliphatic heterocycles. The molecule has 0 unspecified atom stereocenters. The third-order valence-electron chi connectivity index (χ3n) is 4.30. The van der Waals surface area contributed by atoms with Crippen LogP contribution in [0.15, 0.2) is 30.7 Å². The van der Waals surface area contributed by atoms with Gasteiger partial charge in [0.05, 0.1) is 16.4 Å². The van der Waals surface area contributed by atoms with Gasteiger partial charge < -0.3 is 19.3 Å². The second kappa shape index (κ2) is 5.48. The van der Waals surface area contributed by atoms with Gasteiger partial charge in [0.1, 0.15) is 5.82 Å². The number of nitrogens with zero attached hydrogens (tertiary/aromatic N) is 5. The number of benzene rings is 1. The number of anilines is 2. The molecule has 1 saturated heterocycles. The number of ether oxygens (including phenoxy) is 2. The van der Waals surface area contributed by atoms with Crippen LogP contribution >= 0.6 is 11.3 Å². The van der Waals surface area contributed by atoms with Gasteiger partial charge in [-0.25, -0.2) is 9.97 Å². The summed E-state index contributed by atoms with van der Waals surface area (Å²) in [7, 11) is 0. The van der Waals surface area contributed by atoms with Crippen molar-refractivity contribution >= 4 is 32.5 Å². The molecule has 0 aliphatic carbocycles. The van der Waals surface area contributed by atoms with Crippen molar-refractivity contribution in [3.63, 3.8) is 0 Å². The van der Waals surface area contributed by atoms with E-state index >= 15 is 0 Å². The molecule has 24 heavy (non-hydrogen) atoms. The highest BCUT2D eigenvalue weighted by Gasteiger charge is 2.22. The fraction of sp³-hybridized carbons (Fsp3) is 0.312. The predicted molar refractivity (Wildman–Crippen MR) is 92.2 cm³/mol. The summed E-state index contributed by atoms with van der Waals surface area (Å²) in [4.78, 5) is 17.9. The van der Waals surface area contributed by atoms with Gasteiger partial charge in [-0.3, -0.25) is 4.98 Å². The lowest BCUT2D eigenvalue weighted by Gasteiger charge is -2.34. The van der Waals surface area contributed by atoms with Crippen molar-refractivity contribution < 1.29 is 9.47 Å². The Kier molecular flexibility index (Phi) is 3.15. The Labute approximate surface area is 142 Å². The molecule has 0 N–H and O–H groups in total.